The van der Waals surface area contributed by atoms with Crippen molar-refractivity contribution in [3.05, 3.63) is 12.0 Å². The second kappa shape index (κ2) is 5.13. The summed E-state index contributed by atoms with van der Waals surface area (Å²) in [6, 6.07) is 0.386. The Hall–Kier alpha value is -0.920. The fourth-order valence-electron chi connectivity index (χ4n) is 3.32. The fourth-order valence-corrected chi connectivity index (χ4v) is 4.94. The highest BCUT2D eigenvalue weighted by atomic mass is 32.2. The molecule has 2 saturated heterocycles. The Morgan fingerprint density at radius 2 is 2.15 bits per heavy atom. The number of aromatic amines is 1. The van der Waals surface area contributed by atoms with Crippen LogP contribution in [-0.2, 0) is 10.0 Å². The number of imidazole rings is 1. The van der Waals surface area contributed by atoms with Crippen molar-refractivity contribution in [2.24, 2.45) is 0 Å². The van der Waals surface area contributed by atoms with Crippen molar-refractivity contribution in [1.82, 2.24) is 19.2 Å². The molecule has 3 rings (SSSR count). The molecule has 6 nitrogen and oxygen atoms in total. The zero-order valence-electron chi connectivity index (χ0n) is 12.0. The van der Waals surface area contributed by atoms with Gasteiger partial charge in [-0.3, -0.25) is 4.90 Å². The monoisotopic (exact) mass is 298 g/mol. The number of H-pyrrole nitrogens is 1. The molecule has 2 fully saturated rings. The van der Waals surface area contributed by atoms with Crippen molar-refractivity contribution >= 4 is 10.0 Å². The smallest absolute Gasteiger partial charge is 0.260 e. The molecule has 112 valence electrons. The molecule has 0 amide bonds. The van der Waals surface area contributed by atoms with Crippen LogP contribution in [0, 0.1) is 6.92 Å². The van der Waals surface area contributed by atoms with Crippen LogP contribution in [-0.4, -0.2) is 59.3 Å². The second-order valence-electron chi connectivity index (χ2n) is 5.90. The SMILES string of the molecule is Cc1ncc(S(=O)(=O)N2CC3CCCCN3CC2C)[nH]1. The number of piperidine rings is 1. The second-order valence-corrected chi connectivity index (χ2v) is 7.76. The zero-order chi connectivity index (χ0) is 14.3. The third-order valence-electron chi connectivity index (χ3n) is 4.40. The van der Waals surface area contributed by atoms with E-state index in [0.717, 1.165) is 19.5 Å². The van der Waals surface area contributed by atoms with Gasteiger partial charge in [-0.2, -0.15) is 4.31 Å². The highest BCUT2D eigenvalue weighted by Gasteiger charge is 2.39. The number of nitrogens with zero attached hydrogens (tertiary/aromatic N) is 3. The summed E-state index contributed by atoms with van der Waals surface area (Å²) in [5.41, 5.74) is 0. The minimum atomic E-state index is -3.45. The van der Waals surface area contributed by atoms with Gasteiger partial charge in [-0.15, -0.1) is 0 Å². The van der Waals surface area contributed by atoms with E-state index in [4.69, 9.17) is 0 Å². The first-order valence-electron chi connectivity index (χ1n) is 7.26. The maximum Gasteiger partial charge on any atom is 0.260 e. The summed E-state index contributed by atoms with van der Waals surface area (Å²) >= 11 is 0. The van der Waals surface area contributed by atoms with Crippen molar-refractivity contribution in [3.63, 3.8) is 0 Å². The molecular weight excluding hydrogens is 276 g/mol. The Morgan fingerprint density at radius 3 is 2.85 bits per heavy atom. The van der Waals surface area contributed by atoms with Crippen molar-refractivity contribution < 1.29 is 8.42 Å². The van der Waals surface area contributed by atoms with E-state index < -0.39 is 10.0 Å². The van der Waals surface area contributed by atoms with Gasteiger partial charge in [-0.05, 0) is 33.2 Å². The Bertz CT molecular complexity index is 583. The summed E-state index contributed by atoms with van der Waals surface area (Å²) in [7, 11) is -3.45. The molecule has 0 aromatic carbocycles. The van der Waals surface area contributed by atoms with E-state index in [1.807, 2.05) is 6.92 Å². The Balaban J connectivity index is 1.85. The lowest BCUT2D eigenvalue weighted by Gasteiger charge is -2.46. The number of hydrogen-bond acceptors (Lipinski definition) is 4. The maximum absolute atomic E-state index is 12.7. The van der Waals surface area contributed by atoms with E-state index in [2.05, 4.69) is 14.9 Å². The van der Waals surface area contributed by atoms with Gasteiger partial charge in [0.05, 0.1) is 6.20 Å². The minimum Gasteiger partial charge on any atom is -0.332 e. The lowest BCUT2D eigenvalue weighted by Crippen LogP contribution is -2.59. The molecule has 7 heteroatoms. The first kappa shape index (κ1) is 14.0. The number of sulfonamides is 1. The summed E-state index contributed by atoms with van der Waals surface area (Å²) in [6.07, 6.45) is 4.95. The molecule has 1 aromatic rings. The molecule has 0 aliphatic carbocycles. The van der Waals surface area contributed by atoms with Crippen LogP contribution in [0.3, 0.4) is 0 Å². The van der Waals surface area contributed by atoms with Gasteiger partial charge in [0.2, 0.25) is 0 Å². The van der Waals surface area contributed by atoms with Gasteiger partial charge in [0.25, 0.3) is 10.0 Å². The van der Waals surface area contributed by atoms with E-state index in [0.29, 0.717) is 18.4 Å². The number of rotatable bonds is 2. The number of hydrogen-bond donors (Lipinski definition) is 1. The lowest BCUT2D eigenvalue weighted by atomic mass is 9.99. The third kappa shape index (κ3) is 2.38. The Kier molecular flexibility index (Phi) is 3.60. The van der Waals surface area contributed by atoms with Crippen molar-refractivity contribution in [1.29, 1.82) is 0 Å². The van der Waals surface area contributed by atoms with E-state index in [1.165, 1.54) is 19.0 Å². The summed E-state index contributed by atoms with van der Waals surface area (Å²) in [5, 5.41) is 0.214. The average molecular weight is 298 g/mol. The number of piperazine rings is 1. The van der Waals surface area contributed by atoms with E-state index in [-0.39, 0.29) is 11.1 Å². The first-order chi connectivity index (χ1) is 9.48. The van der Waals surface area contributed by atoms with E-state index in [9.17, 15) is 8.42 Å². The molecule has 3 heterocycles. The predicted octanol–water partition coefficient (Wildman–Crippen LogP) is 0.965. The van der Waals surface area contributed by atoms with Gasteiger partial charge in [0.15, 0.2) is 5.03 Å². The van der Waals surface area contributed by atoms with Gasteiger partial charge < -0.3 is 4.98 Å². The number of aromatic nitrogens is 2. The highest BCUT2D eigenvalue weighted by molar-refractivity contribution is 7.89. The molecule has 0 spiro atoms. The van der Waals surface area contributed by atoms with Crippen LogP contribution in [0.15, 0.2) is 11.2 Å². The molecule has 2 unspecified atom stereocenters. The number of nitrogens with one attached hydrogen (secondary N) is 1. The van der Waals surface area contributed by atoms with Crippen LogP contribution < -0.4 is 0 Å². The molecule has 1 N–H and O–H groups in total. The van der Waals surface area contributed by atoms with E-state index in [1.54, 1.807) is 11.2 Å². The summed E-state index contributed by atoms with van der Waals surface area (Å²) < 4.78 is 27.1. The highest BCUT2D eigenvalue weighted by Crippen LogP contribution is 2.27. The first-order valence-corrected chi connectivity index (χ1v) is 8.70. The topological polar surface area (TPSA) is 69.3 Å². The molecular formula is C13H22N4O2S. The van der Waals surface area contributed by atoms with Gasteiger partial charge in [-0.25, -0.2) is 13.4 Å². The normalized spacial score (nSPS) is 29.3. The van der Waals surface area contributed by atoms with Crippen LogP contribution >= 0.6 is 0 Å². The molecule has 0 radical (unpaired) electrons. The minimum absolute atomic E-state index is 0.0120. The van der Waals surface area contributed by atoms with Gasteiger partial charge in [-0.1, -0.05) is 6.42 Å². The van der Waals surface area contributed by atoms with Crippen LogP contribution in [0.4, 0.5) is 0 Å². The van der Waals surface area contributed by atoms with Crippen molar-refractivity contribution in [2.45, 2.75) is 50.2 Å². The molecule has 0 saturated carbocycles. The third-order valence-corrected chi connectivity index (χ3v) is 6.29. The van der Waals surface area contributed by atoms with Gasteiger partial charge in [0.1, 0.15) is 5.82 Å². The standard InChI is InChI=1S/C13H22N4O2S/c1-10-8-16-6-4-3-5-12(16)9-17(10)20(18,19)13-7-14-11(2)15-13/h7,10,12H,3-6,8-9H2,1-2H3,(H,14,15). The van der Waals surface area contributed by atoms with Crippen molar-refractivity contribution in [2.75, 3.05) is 19.6 Å². The molecule has 1 aromatic heterocycles. The summed E-state index contributed by atoms with van der Waals surface area (Å²) in [4.78, 5) is 9.31. The zero-order valence-corrected chi connectivity index (χ0v) is 12.9. The molecule has 0 bridgehead atoms. The van der Waals surface area contributed by atoms with Crippen LogP contribution in [0.2, 0.25) is 0 Å². The summed E-state index contributed by atoms with van der Waals surface area (Å²) in [5.74, 6) is 0.632. The van der Waals surface area contributed by atoms with Crippen LogP contribution in [0.5, 0.6) is 0 Å². The number of fused-ring (bicyclic) bond motifs is 1. The van der Waals surface area contributed by atoms with Gasteiger partial charge >= 0.3 is 0 Å². The van der Waals surface area contributed by atoms with Crippen LogP contribution in [0.1, 0.15) is 32.0 Å². The number of aryl methyl sites for hydroxylation is 1. The average Bonchev–Trinajstić information content (AvgIpc) is 2.85. The Morgan fingerprint density at radius 1 is 1.35 bits per heavy atom. The molecule has 2 aliphatic rings. The molecule has 2 aliphatic heterocycles. The van der Waals surface area contributed by atoms with Crippen LogP contribution in [0.25, 0.3) is 0 Å². The largest absolute Gasteiger partial charge is 0.332 e. The maximum atomic E-state index is 12.7. The lowest BCUT2D eigenvalue weighted by molar-refractivity contribution is 0.0563. The van der Waals surface area contributed by atoms with Gasteiger partial charge in [0, 0.05) is 25.2 Å². The quantitative estimate of drug-likeness (QED) is 0.883. The van der Waals surface area contributed by atoms with E-state index >= 15 is 0 Å². The molecule has 20 heavy (non-hydrogen) atoms. The van der Waals surface area contributed by atoms with Crippen molar-refractivity contribution in [3.8, 4) is 0 Å². The Labute approximate surface area is 120 Å². The fraction of sp³-hybridized carbons (Fsp3) is 0.769. The molecule has 2 atom stereocenters. The summed E-state index contributed by atoms with van der Waals surface area (Å²) in [6.45, 7) is 6.29. The predicted molar refractivity (Wildman–Crippen MR) is 75.9 cm³/mol.